The van der Waals surface area contributed by atoms with Gasteiger partial charge in [0.05, 0.1) is 0 Å². The molecule has 6 heteroatoms. The first-order valence-electron chi connectivity index (χ1n) is 5.10. The second-order valence-corrected chi connectivity index (χ2v) is 6.77. The van der Waals surface area contributed by atoms with Crippen LogP contribution in [0.3, 0.4) is 0 Å². The summed E-state index contributed by atoms with van der Waals surface area (Å²) >= 11 is 5.39. The van der Waals surface area contributed by atoms with Gasteiger partial charge in [0.1, 0.15) is 0 Å². The highest BCUT2D eigenvalue weighted by Gasteiger charge is 2.45. The fourth-order valence-corrected chi connectivity index (χ4v) is 3.02. The van der Waals surface area contributed by atoms with Gasteiger partial charge < -0.3 is 10.0 Å². The molecule has 1 heterocycles. The van der Waals surface area contributed by atoms with Crippen LogP contribution in [0, 0.1) is 5.92 Å². The molecule has 0 aromatic heterocycles. The highest BCUT2D eigenvalue weighted by molar-refractivity contribution is 8.02. The summed E-state index contributed by atoms with van der Waals surface area (Å²) in [5, 5.41) is 8.33. The van der Waals surface area contributed by atoms with Crippen LogP contribution in [0.25, 0.3) is 0 Å². The number of amides is 1. The minimum absolute atomic E-state index is 0.125. The highest BCUT2D eigenvalue weighted by Crippen LogP contribution is 2.39. The third-order valence-corrected chi connectivity index (χ3v) is 4.45. The number of thioether (sulfide) groups is 1. The first-order valence-corrected chi connectivity index (χ1v) is 6.61. The van der Waals surface area contributed by atoms with E-state index in [2.05, 4.69) is 12.6 Å². The Balaban J connectivity index is 2.85. The van der Waals surface area contributed by atoms with Crippen molar-refractivity contribution >= 4 is 36.3 Å². The number of aliphatic carboxylic acids is 1. The van der Waals surface area contributed by atoms with Crippen molar-refractivity contribution in [3.63, 3.8) is 0 Å². The Morgan fingerprint density at radius 2 is 2.19 bits per heavy atom. The van der Waals surface area contributed by atoms with E-state index in [-0.39, 0.29) is 16.6 Å². The van der Waals surface area contributed by atoms with Gasteiger partial charge in [0, 0.05) is 23.0 Å². The summed E-state index contributed by atoms with van der Waals surface area (Å²) in [6.45, 7) is 6.15. The van der Waals surface area contributed by atoms with E-state index >= 15 is 0 Å². The molecule has 1 saturated heterocycles. The molecule has 4 nitrogen and oxygen atoms in total. The molecule has 0 radical (unpaired) electrons. The van der Waals surface area contributed by atoms with Crippen LogP contribution in [-0.4, -0.2) is 44.3 Å². The molecular weight excluding hydrogens is 246 g/mol. The zero-order valence-electron chi connectivity index (χ0n) is 9.64. The lowest BCUT2D eigenvalue weighted by atomic mass is 10.1. The Morgan fingerprint density at radius 1 is 1.62 bits per heavy atom. The zero-order valence-corrected chi connectivity index (χ0v) is 11.3. The number of carboxylic acid groups (broad SMARTS) is 1. The SMILES string of the molecule is CC(CS)C(=O)N1CC(C)(C)SC1C(=O)O. The summed E-state index contributed by atoms with van der Waals surface area (Å²) in [4.78, 5) is 24.5. The summed E-state index contributed by atoms with van der Waals surface area (Å²) in [7, 11) is 0. The minimum atomic E-state index is -0.949. The molecule has 0 aromatic carbocycles. The molecule has 1 rings (SSSR count). The van der Waals surface area contributed by atoms with Crippen molar-refractivity contribution in [2.24, 2.45) is 5.92 Å². The fourth-order valence-electron chi connectivity index (χ4n) is 1.63. The molecule has 1 aliphatic heterocycles. The van der Waals surface area contributed by atoms with Crippen LogP contribution in [0.2, 0.25) is 0 Å². The van der Waals surface area contributed by atoms with Crippen molar-refractivity contribution in [1.29, 1.82) is 0 Å². The predicted molar refractivity (Wildman–Crippen MR) is 67.8 cm³/mol. The van der Waals surface area contributed by atoms with E-state index in [1.165, 1.54) is 16.7 Å². The van der Waals surface area contributed by atoms with Gasteiger partial charge in [-0.15, -0.1) is 11.8 Å². The molecule has 2 atom stereocenters. The Labute approximate surface area is 105 Å². The third kappa shape index (κ3) is 2.85. The quantitative estimate of drug-likeness (QED) is 0.754. The van der Waals surface area contributed by atoms with Crippen molar-refractivity contribution < 1.29 is 14.7 Å². The Morgan fingerprint density at radius 3 is 2.62 bits per heavy atom. The second-order valence-electron chi connectivity index (χ2n) is 4.62. The van der Waals surface area contributed by atoms with Gasteiger partial charge in [0.2, 0.25) is 5.91 Å². The van der Waals surface area contributed by atoms with Gasteiger partial charge in [-0.3, -0.25) is 4.79 Å². The molecule has 1 N–H and O–H groups in total. The lowest BCUT2D eigenvalue weighted by Crippen LogP contribution is -2.43. The molecule has 1 aliphatic rings. The Kier molecular flexibility index (Phi) is 4.17. The van der Waals surface area contributed by atoms with Gasteiger partial charge in [0.25, 0.3) is 0 Å². The standard InChI is InChI=1S/C10H17NO3S2/c1-6(4-15)7(12)11-5-10(2,3)16-8(11)9(13)14/h6,8,15H,4-5H2,1-3H3,(H,13,14). The summed E-state index contributed by atoms with van der Waals surface area (Å²) in [6, 6.07) is 0. The number of carbonyl (C=O) groups excluding carboxylic acids is 1. The van der Waals surface area contributed by atoms with E-state index < -0.39 is 11.3 Å². The average Bonchev–Trinajstić information content (AvgIpc) is 2.52. The summed E-state index contributed by atoms with van der Waals surface area (Å²) < 4.78 is -0.199. The van der Waals surface area contributed by atoms with Crippen molar-refractivity contribution in [1.82, 2.24) is 4.90 Å². The smallest absolute Gasteiger partial charge is 0.337 e. The largest absolute Gasteiger partial charge is 0.479 e. The molecule has 0 saturated carbocycles. The monoisotopic (exact) mass is 263 g/mol. The molecule has 2 unspecified atom stereocenters. The van der Waals surface area contributed by atoms with Gasteiger partial charge in [0.15, 0.2) is 5.37 Å². The van der Waals surface area contributed by atoms with Crippen LogP contribution in [0.4, 0.5) is 0 Å². The number of thiol groups is 1. The van der Waals surface area contributed by atoms with Gasteiger partial charge >= 0.3 is 5.97 Å². The van der Waals surface area contributed by atoms with E-state index in [1.807, 2.05) is 13.8 Å². The maximum absolute atomic E-state index is 12.0. The van der Waals surface area contributed by atoms with Gasteiger partial charge in [-0.25, -0.2) is 4.79 Å². The number of hydrogen-bond donors (Lipinski definition) is 2. The molecule has 16 heavy (non-hydrogen) atoms. The topological polar surface area (TPSA) is 57.6 Å². The molecule has 0 bridgehead atoms. The highest BCUT2D eigenvalue weighted by atomic mass is 32.2. The van der Waals surface area contributed by atoms with Crippen molar-refractivity contribution in [3.05, 3.63) is 0 Å². The van der Waals surface area contributed by atoms with Crippen molar-refractivity contribution in [2.45, 2.75) is 30.9 Å². The number of nitrogens with zero attached hydrogens (tertiary/aromatic N) is 1. The maximum Gasteiger partial charge on any atom is 0.337 e. The molecule has 92 valence electrons. The second kappa shape index (κ2) is 4.87. The summed E-state index contributed by atoms with van der Waals surface area (Å²) in [5.41, 5.74) is 0. The van der Waals surface area contributed by atoms with Crippen LogP contribution in [0.1, 0.15) is 20.8 Å². The van der Waals surface area contributed by atoms with Crippen molar-refractivity contribution in [3.8, 4) is 0 Å². The number of carboxylic acids is 1. The van der Waals surface area contributed by atoms with E-state index in [1.54, 1.807) is 6.92 Å². The van der Waals surface area contributed by atoms with Crippen LogP contribution in [-0.2, 0) is 9.59 Å². The van der Waals surface area contributed by atoms with Gasteiger partial charge in [-0.1, -0.05) is 6.92 Å². The number of carbonyl (C=O) groups is 2. The molecule has 0 spiro atoms. The number of rotatable bonds is 3. The summed E-state index contributed by atoms with van der Waals surface area (Å²) in [6.07, 6.45) is 0. The molecule has 1 amide bonds. The van der Waals surface area contributed by atoms with Crippen LogP contribution in [0.5, 0.6) is 0 Å². The molecule has 0 aromatic rings. The Hall–Kier alpha value is -0.360. The van der Waals surface area contributed by atoms with E-state index in [4.69, 9.17) is 5.11 Å². The van der Waals surface area contributed by atoms with E-state index in [9.17, 15) is 9.59 Å². The summed E-state index contributed by atoms with van der Waals surface area (Å²) in [5.74, 6) is -0.873. The van der Waals surface area contributed by atoms with Crippen LogP contribution >= 0.6 is 24.4 Å². The lowest BCUT2D eigenvalue weighted by Gasteiger charge is -2.23. The van der Waals surface area contributed by atoms with E-state index in [0.717, 1.165) is 0 Å². The average molecular weight is 263 g/mol. The van der Waals surface area contributed by atoms with Crippen LogP contribution in [0.15, 0.2) is 0 Å². The normalized spacial score (nSPS) is 25.5. The zero-order chi connectivity index (χ0) is 12.5. The molecule has 0 aliphatic carbocycles. The first-order chi connectivity index (χ1) is 7.28. The molecular formula is C10H17NO3S2. The first kappa shape index (κ1) is 13.7. The van der Waals surface area contributed by atoms with Gasteiger partial charge in [-0.2, -0.15) is 12.6 Å². The van der Waals surface area contributed by atoms with Crippen molar-refractivity contribution in [2.75, 3.05) is 12.3 Å². The Bertz CT molecular complexity index is 306. The molecule has 1 fully saturated rings. The third-order valence-electron chi connectivity index (χ3n) is 2.45. The van der Waals surface area contributed by atoms with Gasteiger partial charge in [-0.05, 0) is 13.8 Å². The van der Waals surface area contributed by atoms with E-state index in [0.29, 0.717) is 12.3 Å². The number of hydrogen-bond acceptors (Lipinski definition) is 4. The minimum Gasteiger partial charge on any atom is -0.479 e. The predicted octanol–water partition coefficient (Wildman–Crippen LogP) is 1.32. The fraction of sp³-hybridized carbons (Fsp3) is 0.800. The maximum atomic E-state index is 12.0. The van der Waals surface area contributed by atoms with Crippen LogP contribution < -0.4 is 0 Å². The lowest BCUT2D eigenvalue weighted by molar-refractivity contribution is -0.146.